The highest BCUT2D eigenvalue weighted by molar-refractivity contribution is 6.67. The molecule has 0 aromatic heterocycles. The summed E-state index contributed by atoms with van der Waals surface area (Å²) in [6.07, 6.45) is 19.2. The van der Waals surface area contributed by atoms with Crippen LogP contribution in [0.2, 0.25) is 12.1 Å². The molecule has 1 atom stereocenters. The van der Waals surface area contributed by atoms with Crippen molar-refractivity contribution in [3.05, 3.63) is 0 Å². The lowest BCUT2D eigenvalue weighted by atomic mass is 10.1. The number of unbranched alkanes of at least 4 members (excludes halogenated alkanes) is 11. The Labute approximate surface area is 173 Å². The minimum atomic E-state index is -1.94. The van der Waals surface area contributed by atoms with E-state index in [0.29, 0.717) is 5.92 Å². The van der Waals surface area contributed by atoms with Crippen molar-refractivity contribution in [2.45, 2.75) is 137 Å². The molecule has 0 fully saturated rings. The smallest absolute Gasteiger partial charge is 0.337 e. The SMILES string of the molecule is CCCCCCCCCCCCCCO[Si](CC)(CC)OCC(C)CCC. The molecule has 0 saturated heterocycles. The van der Waals surface area contributed by atoms with Crippen LogP contribution in [0.5, 0.6) is 0 Å². The quantitative estimate of drug-likeness (QED) is 0.142. The van der Waals surface area contributed by atoms with Crippen LogP contribution in [-0.2, 0) is 8.85 Å². The molecule has 0 aliphatic rings. The molecule has 0 bridgehead atoms. The molecule has 0 heterocycles. The summed E-state index contributed by atoms with van der Waals surface area (Å²) < 4.78 is 12.7. The van der Waals surface area contributed by atoms with Crippen molar-refractivity contribution in [3.8, 4) is 0 Å². The largest absolute Gasteiger partial charge is 0.394 e. The standard InChI is InChI=1S/C24H52O2Si/c1-6-10-11-12-13-14-15-16-17-18-19-20-22-25-27(8-3,9-4)26-23-24(5)21-7-2/h24H,6-23H2,1-5H3. The van der Waals surface area contributed by atoms with E-state index in [2.05, 4.69) is 34.6 Å². The van der Waals surface area contributed by atoms with E-state index in [1.54, 1.807) is 0 Å². The van der Waals surface area contributed by atoms with Gasteiger partial charge in [-0.2, -0.15) is 0 Å². The molecule has 0 rings (SSSR count). The Hall–Kier alpha value is 0.137. The molecule has 2 nitrogen and oxygen atoms in total. The van der Waals surface area contributed by atoms with Crippen LogP contribution in [0.25, 0.3) is 0 Å². The van der Waals surface area contributed by atoms with Crippen molar-refractivity contribution in [1.29, 1.82) is 0 Å². The Morgan fingerprint density at radius 2 is 1.07 bits per heavy atom. The zero-order valence-electron chi connectivity index (χ0n) is 19.6. The van der Waals surface area contributed by atoms with Gasteiger partial charge in [-0.3, -0.25) is 0 Å². The second-order valence-electron chi connectivity index (χ2n) is 8.56. The Balaban J connectivity index is 3.63. The number of hydrogen-bond donors (Lipinski definition) is 0. The maximum Gasteiger partial charge on any atom is 0.337 e. The number of hydrogen-bond acceptors (Lipinski definition) is 2. The van der Waals surface area contributed by atoms with Gasteiger partial charge in [0, 0.05) is 13.2 Å². The lowest BCUT2D eigenvalue weighted by Crippen LogP contribution is -2.42. The van der Waals surface area contributed by atoms with Crippen LogP contribution in [0.3, 0.4) is 0 Å². The topological polar surface area (TPSA) is 18.5 Å². The van der Waals surface area contributed by atoms with E-state index >= 15 is 0 Å². The van der Waals surface area contributed by atoms with Gasteiger partial charge >= 0.3 is 8.56 Å². The van der Waals surface area contributed by atoms with Gasteiger partial charge in [-0.05, 0) is 30.8 Å². The fraction of sp³-hybridized carbons (Fsp3) is 1.00. The van der Waals surface area contributed by atoms with Crippen LogP contribution in [0.15, 0.2) is 0 Å². The van der Waals surface area contributed by atoms with Gasteiger partial charge in [-0.25, -0.2) is 0 Å². The Morgan fingerprint density at radius 3 is 1.52 bits per heavy atom. The molecule has 1 unspecified atom stereocenters. The minimum Gasteiger partial charge on any atom is -0.394 e. The Kier molecular flexibility index (Phi) is 19.6. The normalized spacial score (nSPS) is 13.2. The van der Waals surface area contributed by atoms with Crippen molar-refractivity contribution in [3.63, 3.8) is 0 Å². The third-order valence-electron chi connectivity index (χ3n) is 5.85. The molecule has 0 radical (unpaired) electrons. The third kappa shape index (κ3) is 15.7. The predicted molar refractivity (Wildman–Crippen MR) is 124 cm³/mol. The molecule has 27 heavy (non-hydrogen) atoms. The van der Waals surface area contributed by atoms with Crippen LogP contribution in [0.4, 0.5) is 0 Å². The van der Waals surface area contributed by atoms with E-state index in [-0.39, 0.29) is 0 Å². The molecule has 0 aliphatic carbocycles. The molecule has 0 saturated carbocycles. The van der Waals surface area contributed by atoms with Crippen LogP contribution >= 0.6 is 0 Å². The van der Waals surface area contributed by atoms with Gasteiger partial charge in [0.1, 0.15) is 0 Å². The lowest BCUT2D eigenvalue weighted by molar-refractivity contribution is 0.144. The summed E-state index contributed by atoms with van der Waals surface area (Å²) >= 11 is 0. The molecule has 3 heteroatoms. The van der Waals surface area contributed by atoms with Gasteiger partial charge in [0.05, 0.1) is 0 Å². The van der Waals surface area contributed by atoms with Gasteiger partial charge < -0.3 is 8.85 Å². The number of rotatable bonds is 21. The zero-order valence-corrected chi connectivity index (χ0v) is 20.6. The van der Waals surface area contributed by atoms with E-state index in [9.17, 15) is 0 Å². The molecule has 0 N–H and O–H groups in total. The van der Waals surface area contributed by atoms with Gasteiger partial charge in [-0.15, -0.1) is 0 Å². The lowest BCUT2D eigenvalue weighted by Gasteiger charge is -2.30. The summed E-state index contributed by atoms with van der Waals surface area (Å²) in [5.74, 6) is 0.662. The van der Waals surface area contributed by atoms with Crippen molar-refractivity contribution < 1.29 is 8.85 Å². The van der Waals surface area contributed by atoms with Crippen molar-refractivity contribution in [2.24, 2.45) is 5.92 Å². The van der Waals surface area contributed by atoms with Gasteiger partial charge in [-0.1, -0.05) is 112 Å². The van der Waals surface area contributed by atoms with E-state index in [4.69, 9.17) is 8.85 Å². The molecule has 0 aromatic carbocycles. The van der Waals surface area contributed by atoms with Gasteiger partial charge in [0.2, 0.25) is 0 Å². The fourth-order valence-electron chi connectivity index (χ4n) is 3.77. The van der Waals surface area contributed by atoms with Crippen LogP contribution in [0.1, 0.15) is 125 Å². The molecule has 0 spiro atoms. The predicted octanol–water partition coefficient (Wildman–Crippen LogP) is 8.64. The third-order valence-corrected chi connectivity index (χ3v) is 9.43. The highest BCUT2D eigenvalue weighted by Gasteiger charge is 2.33. The highest BCUT2D eigenvalue weighted by Crippen LogP contribution is 2.21. The monoisotopic (exact) mass is 400 g/mol. The Morgan fingerprint density at radius 1 is 0.593 bits per heavy atom. The molecule has 0 aromatic rings. The van der Waals surface area contributed by atoms with Gasteiger partial charge in [0.15, 0.2) is 0 Å². The first kappa shape index (κ1) is 27.1. The molecule has 164 valence electrons. The molecule has 0 amide bonds. The average molecular weight is 401 g/mol. The second kappa shape index (κ2) is 19.5. The summed E-state index contributed by atoms with van der Waals surface area (Å²) in [7, 11) is -1.94. The Bertz CT molecular complexity index is 292. The average Bonchev–Trinajstić information content (AvgIpc) is 2.68. The fourth-order valence-corrected chi connectivity index (χ4v) is 6.28. The van der Waals surface area contributed by atoms with Crippen LogP contribution in [0, 0.1) is 5.92 Å². The van der Waals surface area contributed by atoms with E-state index < -0.39 is 8.56 Å². The van der Waals surface area contributed by atoms with E-state index in [1.807, 2.05) is 0 Å². The second-order valence-corrected chi connectivity index (χ2v) is 12.4. The van der Waals surface area contributed by atoms with Crippen molar-refractivity contribution in [1.82, 2.24) is 0 Å². The van der Waals surface area contributed by atoms with Gasteiger partial charge in [0.25, 0.3) is 0 Å². The minimum absolute atomic E-state index is 0.662. The summed E-state index contributed by atoms with van der Waals surface area (Å²) in [6.45, 7) is 13.2. The summed E-state index contributed by atoms with van der Waals surface area (Å²) in [5.41, 5.74) is 0. The summed E-state index contributed by atoms with van der Waals surface area (Å²) in [4.78, 5) is 0. The summed E-state index contributed by atoms with van der Waals surface area (Å²) in [6, 6.07) is 2.17. The van der Waals surface area contributed by atoms with E-state index in [0.717, 1.165) is 25.3 Å². The first-order valence-electron chi connectivity index (χ1n) is 12.4. The van der Waals surface area contributed by atoms with Crippen molar-refractivity contribution >= 4 is 8.56 Å². The zero-order chi connectivity index (χ0) is 20.2. The highest BCUT2D eigenvalue weighted by atomic mass is 28.4. The van der Waals surface area contributed by atoms with E-state index in [1.165, 1.54) is 89.9 Å². The molecular formula is C24H52O2Si. The first-order chi connectivity index (χ1) is 13.1. The molecule has 0 aliphatic heterocycles. The van der Waals surface area contributed by atoms with Crippen molar-refractivity contribution in [2.75, 3.05) is 13.2 Å². The maximum atomic E-state index is 6.37. The van der Waals surface area contributed by atoms with Crippen LogP contribution in [-0.4, -0.2) is 21.8 Å². The maximum absolute atomic E-state index is 6.37. The van der Waals surface area contributed by atoms with Crippen LogP contribution < -0.4 is 0 Å². The first-order valence-corrected chi connectivity index (χ1v) is 14.6. The molecular weight excluding hydrogens is 348 g/mol. The summed E-state index contributed by atoms with van der Waals surface area (Å²) in [5, 5.41) is 0.